The van der Waals surface area contributed by atoms with Gasteiger partial charge >= 0.3 is 0 Å². The molecule has 0 saturated heterocycles. The van der Waals surface area contributed by atoms with Crippen molar-refractivity contribution in [3.8, 4) is 11.5 Å². The molecule has 20 heavy (non-hydrogen) atoms. The van der Waals surface area contributed by atoms with Crippen LogP contribution in [-0.2, 0) is 0 Å². The smallest absolute Gasteiger partial charge is 0.296 e. The lowest BCUT2D eigenvalue weighted by atomic mass is 10.0. The Labute approximate surface area is 117 Å². The first kappa shape index (κ1) is 13.0. The summed E-state index contributed by atoms with van der Waals surface area (Å²) in [6.07, 6.45) is 4.52. The van der Waals surface area contributed by atoms with Crippen molar-refractivity contribution >= 4 is 11.4 Å². The van der Waals surface area contributed by atoms with Gasteiger partial charge in [0.1, 0.15) is 5.69 Å². The second kappa shape index (κ2) is 5.19. The van der Waals surface area contributed by atoms with Gasteiger partial charge in [0.25, 0.3) is 5.69 Å². The number of rotatable bonds is 4. The lowest BCUT2D eigenvalue weighted by Gasteiger charge is -2.20. The Morgan fingerprint density at radius 1 is 1.35 bits per heavy atom. The molecule has 1 aromatic carbocycles. The highest BCUT2D eigenvalue weighted by atomic mass is 16.7. The average molecular weight is 278 g/mol. The van der Waals surface area contributed by atoms with Gasteiger partial charge in [0.2, 0.25) is 6.79 Å². The van der Waals surface area contributed by atoms with E-state index >= 15 is 0 Å². The van der Waals surface area contributed by atoms with Crippen LogP contribution in [0.4, 0.5) is 11.4 Å². The quantitative estimate of drug-likeness (QED) is 0.675. The molecule has 1 N–H and O–H groups in total. The number of nitro groups is 1. The maximum Gasteiger partial charge on any atom is 0.296 e. The molecule has 0 bridgehead atoms. The van der Waals surface area contributed by atoms with Crippen LogP contribution in [0.25, 0.3) is 0 Å². The molecule has 3 rings (SSSR count). The lowest BCUT2D eigenvalue weighted by molar-refractivity contribution is -0.384. The molecule has 1 aromatic rings. The molecule has 2 aliphatic rings. The molecular formula is C14H18N2O4. The molecular weight excluding hydrogens is 260 g/mol. The van der Waals surface area contributed by atoms with E-state index < -0.39 is 0 Å². The topological polar surface area (TPSA) is 73.6 Å². The molecule has 108 valence electrons. The van der Waals surface area contributed by atoms with Gasteiger partial charge in [-0.1, -0.05) is 19.8 Å². The zero-order chi connectivity index (χ0) is 14.1. The minimum Gasteiger partial charge on any atom is -0.454 e. The van der Waals surface area contributed by atoms with Crippen LogP contribution in [0.15, 0.2) is 12.1 Å². The number of nitrogens with zero attached hydrogens (tertiary/aromatic N) is 1. The van der Waals surface area contributed by atoms with Gasteiger partial charge in [-0.25, -0.2) is 0 Å². The third kappa shape index (κ3) is 2.26. The highest BCUT2D eigenvalue weighted by molar-refractivity contribution is 5.69. The Morgan fingerprint density at radius 3 is 2.80 bits per heavy atom. The van der Waals surface area contributed by atoms with Crippen LogP contribution in [0.1, 0.15) is 32.6 Å². The van der Waals surface area contributed by atoms with E-state index in [1.54, 1.807) is 6.07 Å². The van der Waals surface area contributed by atoms with Crippen molar-refractivity contribution in [3.63, 3.8) is 0 Å². The van der Waals surface area contributed by atoms with E-state index in [0.717, 1.165) is 12.8 Å². The van der Waals surface area contributed by atoms with E-state index in [1.165, 1.54) is 18.9 Å². The highest BCUT2D eigenvalue weighted by Gasteiger charge is 2.29. The number of anilines is 1. The summed E-state index contributed by atoms with van der Waals surface area (Å²) < 4.78 is 10.5. The summed E-state index contributed by atoms with van der Waals surface area (Å²) in [5.41, 5.74) is 0.584. The summed E-state index contributed by atoms with van der Waals surface area (Å²) in [5, 5.41) is 14.6. The molecule has 1 saturated carbocycles. The molecule has 1 aliphatic heterocycles. The number of ether oxygens (including phenoxy) is 2. The van der Waals surface area contributed by atoms with Gasteiger partial charge < -0.3 is 14.8 Å². The second-order valence-corrected chi connectivity index (χ2v) is 5.33. The zero-order valence-electron chi connectivity index (χ0n) is 11.4. The Kier molecular flexibility index (Phi) is 3.38. The van der Waals surface area contributed by atoms with Crippen LogP contribution >= 0.6 is 0 Å². The van der Waals surface area contributed by atoms with Crippen molar-refractivity contribution < 1.29 is 14.4 Å². The van der Waals surface area contributed by atoms with E-state index in [2.05, 4.69) is 12.2 Å². The molecule has 6 nitrogen and oxygen atoms in total. The third-order valence-corrected chi connectivity index (χ3v) is 4.21. The Hall–Kier alpha value is -1.98. The standard InChI is InChI=1S/C14H18N2O4/c1-2-9-4-3-5-10(9)15-11-6-13-14(20-8-19-13)7-12(11)16(17)18/h6-7,9-10,15H,2-5,8H2,1H3. The zero-order valence-corrected chi connectivity index (χ0v) is 11.4. The highest BCUT2D eigenvalue weighted by Crippen LogP contribution is 2.42. The van der Waals surface area contributed by atoms with Crippen LogP contribution in [0.3, 0.4) is 0 Å². The monoisotopic (exact) mass is 278 g/mol. The number of fused-ring (bicyclic) bond motifs is 1. The van der Waals surface area contributed by atoms with Gasteiger partial charge in [0.15, 0.2) is 11.5 Å². The molecule has 0 aromatic heterocycles. The van der Waals surface area contributed by atoms with Crippen molar-refractivity contribution in [1.29, 1.82) is 0 Å². The SMILES string of the molecule is CCC1CCCC1Nc1cc2c(cc1[N+](=O)[O-])OCO2. The van der Waals surface area contributed by atoms with Gasteiger partial charge in [-0.2, -0.15) is 0 Å². The largest absolute Gasteiger partial charge is 0.454 e. The first-order chi connectivity index (χ1) is 9.69. The van der Waals surface area contributed by atoms with Crippen molar-refractivity contribution in [2.24, 2.45) is 5.92 Å². The molecule has 0 radical (unpaired) electrons. The Morgan fingerprint density at radius 2 is 2.10 bits per heavy atom. The van der Waals surface area contributed by atoms with E-state index in [1.807, 2.05) is 0 Å². The number of nitrogens with one attached hydrogen (secondary N) is 1. The first-order valence-corrected chi connectivity index (χ1v) is 7.03. The third-order valence-electron chi connectivity index (χ3n) is 4.21. The predicted molar refractivity (Wildman–Crippen MR) is 74.3 cm³/mol. The van der Waals surface area contributed by atoms with Gasteiger partial charge in [-0.3, -0.25) is 10.1 Å². The van der Waals surface area contributed by atoms with Crippen LogP contribution in [0.5, 0.6) is 11.5 Å². The summed E-state index contributed by atoms with van der Waals surface area (Å²) >= 11 is 0. The van der Waals surface area contributed by atoms with Crippen LogP contribution < -0.4 is 14.8 Å². The fourth-order valence-corrected chi connectivity index (χ4v) is 3.11. The number of hydrogen-bond donors (Lipinski definition) is 1. The Balaban J connectivity index is 1.90. The van der Waals surface area contributed by atoms with E-state index in [4.69, 9.17) is 9.47 Å². The van der Waals surface area contributed by atoms with Crippen molar-refractivity contribution in [1.82, 2.24) is 0 Å². The van der Waals surface area contributed by atoms with Gasteiger partial charge in [-0.05, 0) is 18.8 Å². The van der Waals surface area contributed by atoms with Crippen molar-refractivity contribution in [2.45, 2.75) is 38.6 Å². The minimum atomic E-state index is -0.375. The number of nitro benzene ring substituents is 1. The van der Waals surface area contributed by atoms with E-state index in [9.17, 15) is 10.1 Å². The van der Waals surface area contributed by atoms with Crippen molar-refractivity contribution in [2.75, 3.05) is 12.1 Å². The normalized spacial score (nSPS) is 23.9. The molecule has 1 fully saturated rings. The summed E-state index contributed by atoms with van der Waals surface area (Å²) in [7, 11) is 0. The molecule has 0 amide bonds. The molecule has 2 atom stereocenters. The summed E-state index contributed by atoms with van der Waals surface area (Å²) in [5.74, 6) is 1.60. The summed E-state index contributed by atoms with van der Waals surface area (Å²) in [6, 6.07) is 3.44. The number of benzene rings is 1. The maximum absolute atomic E-state index is 11.2. The van der Waals surface area contributed by atoms with Crippen LogP contribution in [0, 0.1) is 16.0 Å². The molecule has 1 aliphatic carbocycles. The van der Waals surface area contributed by atoms with Gasteiger partial charge in [-0.15, -0.1) is 0 Å². The fraction of sp³-hybridized carbons (Fsp3) is 0.571. The van der Waals surface area contributed by atoms with Gasteiger partial charge in [0, 0.05) is 12.1 Å². The molecule has 2 unspecified atom stereocenters. The van der Waals surface area contributed by atoms with E-state index in [-0.39, 0.29) is 17.4 Å². The summed E-state index contributed by atoms with van der Waals surface area (Å²) in [4.78, 5) is 10.8. The average Bonchev–Trinajstić information content (AvgIpc) is 3.05. The maximum atomic E-state index is 11.2. The Bertz CT molecular complexity index is 532. The molecule has 1 heterocycles. The second-order valence-electron chi connectivity index (χ2n) is 5.33. The molecule has 6 heteroatoms. The minimum absolute atomic E-state index is 0.0519. The van der Waals surface area contributed by atoms with Crippen molar-refractivity contribution in [3.05, 3.63) is 22.2 Å². The molecule has 0 spiro atoms. The van der Waals surface area contributed by atoms with Crippen LogP contribution in [0.2, 0.25) is 0 Å². The predicted octanol–water partition coefficient (Wildman–Crippen LogP) is 3.31. The van der Waals surface area contributed by atoms with Gasteiger partial charge in [0.05, 0.1) is 11.0 Å². The van der Waals surface area contributed by atoms with Crippen LogP contribution in [-0.4, -0.2) is 17.8 Å². The first-order valence-electron chi connectivity index (χ1n) is 7.03. The van der Waals surface area contributed by atoms with E-state index in [0.29, 0.717) is 29.1 Å². The summed E-state index contributed by atoms with van der Waals surface area (Å²) in [6.45, 7) is 2.29. The lowest BCUT2D eigenvalue weighted by Crippen LogP contribution is -2.23. The number of hydrogen-bond acceptors (Lipinski definition) is 5. The fourth-order valence-electron chi connectivity index (χ4n) is 3.11.